The number of benzene rings is 1. The maximum absolute atomic E-state index is 13.0. The second-order valence-corrected chi connectivity index (χ2v) is 15.5. The first-order valence-electron chi connectivity index (χ1n) is 12.5. The van der Waals surface area contributed by atoms with Crippen LogP contribution in [0.1, 0.15) is 23.4 Å². The van der Waals surface area contributed by atoms with Crippen LogP contribution in [0.4, 0.5) is 11.6 Å². The van der Waals surface area contributed by atoms with Gasteiger partial charge in [-0.25, -0.2) is 0 Å². The number of methoxy groups -OCH3 is 2. The zero-order chi connectivity index (χ0) is 27.3. The van der Waals surface area contributed by atoms with E-state index in [4.69, 9.17) is 30.2 Å². The van der Waals surface area contributed by atoms with Crippen LogP contribution in [0.3, 0.4) is 0 Å². The number of anilines is 2. The van der Waals surface area contributed by atoms with Crippen LogP contribution in [-0.2, 0) is 0 Å². The van der Waals surface area contributed by atoms with E-state index in [0.29, 0.717) is 23.3 Å². The van der Waals surface area contributed by atoms with Gasteiger partial charge in [-0.15, -0.1) is 0 Å². The minimum atomic E-state index is -1.57. The molecule has 1 aromatic carbocycles. The van der Waals surface area contributed by atoms with Crippen LogP contribution in [-0.4, -0.2) is 69.2 Å². The molecular formula is C26H34ClN5O5Si. The number of carbonyl (C=O) groups excluding carboxylic acids is 1. The number of amides is 1. The van der Waals surface area contributed by atoms with Crippen molar-refractivity contribution in [2.75, 3.05) is 51.0 Å². The van der Waals surface area contributed by atoms with Crippen molar-refractivity contribution < 1.29 is 23.4 Å². The molecule has 3 heterocycles. The summed E-state index contributed by atoms with van der Waals surface area (Å²) in [7, 11) is 1.35. The average molecular weight is 560 g/mol. The molecule has 0 unspecified atom stereocenters. The molecule has 12 heteroatoms. The summed E-state index contributed by atoms with van der Waals surface area (Å²) in [6.45, 7) is 10.5. The average Bonchev–Trinajstić information content (AvgIpc) is 3.57. The van der Waals surface area contributed by atoms with Gasteiger partial charge in [-0.1, -0.05) is 42.5 Å². The highest BCUT2D eigenvalue weighted by Gasteiger charge is 2.23. The molecule has 38 heavy (non-hydrogen) atoms. The second kappa shape index (κ2) is 12.1. The third kappa shape index (κ3) is 6.77. The van der Waals surface area contributed by atoms with Crippen LogP contribution in [0.2, 0.25) is 24.7 Å². The lowest BCUT2D eigenvalue weighted by molar-refractivity contribution is 0.0990. The third-order valence-electron chi connectivity index (χ3n) is 6.19. The van der Waals surface area contributed by atoms with Crippen molar-refractivity contribution in [2.45, 2.75) is 32.5 Å². The zero-order valence-electron chi connectivity index (χ0n) is 22.4. The number of hydrogen-bond acceptors (Lipinski definition) is 9. The smallest absolute Gasteiger partial charge is 0.291 e. The van der Waals surface area contributed by atoms with E-state index < -0.39 is 14.0 Å². The Bertz CT molecular complexity index is 1250. The van der Waals surface area contributed by atoms with E-state index in [1.807, 2.05) is 18.2 Å². The highest BCUT2D eigenvalue weighted by Crippen LogP contribution is 2.34. The number of carbonyl (C=O) groups is 1. The molecule has 1 amide bonds. The summed E-state index contributed by atoms with van der Waals surface area (Å²) in [5, 5.41) is 7.56. The molecule has 4 rings (SSSR count). The van der Waals surface area contributed by atoms with E-state index in [1.165, 1.54) is 38.3 Å². The van der Waals surface area contributed by atoms with Gasteiger partial charge in [0.1, 0.15) is 5.75 Å². The van der Waals surface area contributed by atoms with Gasteiger partial charge in [-0.05, 0) is 44.1 Å². The summed E-state index contributed by atoms with van der Waals surface area (Å²) in [5.74, 6) is 0.752. The van der Waals surface area contributed by atoms with Crippen LogP contribution >= 0.6 is 11.6 Å². The third-order valence-corrected chi connectivity index (χ3v) is 8.55. The summed E-state index contributed by atoms with van der Waals surface area (Å²) in [6, 6.07) is 8.81. The molecule has 1 fully saturated rings. The van der Waals surface area contributed by atoms with E-state index in [1.54, 1.807) is 6.07 Å². The van der Waals surface area contributed by atoms with E-state index in [-0.39, 0.29) is 29.2 Å². The summed E-state index contributed by atoms with van der Waals surface area (Å²) in [4.78, 5) is 24.2. The van der Waals surface area contributed by atoms with Crippen LogP contribution in [0.15, 0.2) is 34.7 Å². The maximum Gasteiger partial charge on any atom is 0.291 e. The zero-order valence-corrected chi connectivity index (χ0v) is 24.1. The number of ether oxygens (including phenoxy) is 3. The van der Waals surface area contributed by atoms with Crippen LogP contribution < -0.4 is 30.0 Å². The first-order valence-corrected chi connectivity index (χ1v) is 16.4. The Hall–Kier alpha value is -3.28. The van der Waals surface area contributed by atoms with Gasteiger partial charge in [0, 0.05) is 19.2 Å². The van der Waals surface area contributed by atoms with Crippen molar-refractivity contribution in [3.63, 3.8) is 0 Å². The topological polar surface area (TPSA) is 111 Å². The number of likely N-dealkylation sites (tertiary alicyclic amines) is 1. The van der Waals surface area contributed by atoms with Gasteiger partial charge in [0.05, 0.1) is 27.3 Å². The highest BCUT2D eigenvalue weighted by atomic mass is 35.5. The van der Waals surface area contributed by atoms with E-state index in [9.17, 15) is 4.79 Å². The minimum absolute atomic E-state index is 0.0226. The van der Waals surface area contributed by atoms with Crippen molar-refractivity contribution in [3.05, 3.63) is 41.1 Å². The van der Waals surface area contributed by atoms with Gasteiger partial charge in [-0.2, -0.15) is 9.97 Å². The fourth-order valence-electron chi connectivity index (χ4n) is 4.06. The Labute approximate surface area is 228 Å². The summed E-state index contributed by atoms with van der Waals surface area (Å²) >= 11 is 6.34. The van der Waals surface area contributed by atoms with Crippen molar-refractivity contribution in [3.8, 4) is 23.5 Å². The Morgan fingerprint density at radius 3 is 2.39 bits per heavy atom. The van der Waals surface area contributed by atoms with Crippen LogP contribution in [0.25, 0.3) is 0 Å². The largest absolute Gasteiger partial charge is 0.479 e. The number of nitrogens with zero attached hydrogens (tertiary/aromatic N) is 3. The molecule has 3 aromatic rings. The Kier molecular flexibility index (Phi) is 8.80. The molecule has 0 radical (unpaired) electrons. The molecule has 2 aromatic heterocycles. The van der Waals surface area contributed by atoms with Gasteiger partial charge >= 0.3 is 0 Å². The SMILES string of the molecule is COc1nc(NCCN2CCCC2)nc(OC)c1NC(=O)c1ccc(Oc2cc([Si](C)(C)C)ccc2Cl)o1. The van der Waals surface area contributed by atoms with E-state index in [0.717, 1.165) is 19.6 Å². The molecule has 0 atom stereocenters. The quantitative estimate of drug-likeness (QED) is 0.319. The predicted molar refractivity (Wildman–Crippen MR) is 150 cm³/mol. The molecule has 10 nitrogen and oxygen atoms in total. The first kappa shape index (κ1) is 27.7. The number of nitrogens with one attached hydrogen (secondary N) is 2. The standard InChI is InChI=1S/C26H34ClN5O5Si/c1-34-24-22(25(35-2)31-26(30-24)28-12-15-32-13-6-7-14-32)29-23(33)19-10-11-21(36-19)37-20-16-17(38(3,4)5)8-9-18(20)27/h8-11,16H,6-7,12-15H2,1-5H3,(H,29,33)(H,28,30,31). The monoisotopic (exact) mass is 559 g/mol. The molecule has 1 saturated heterocycles. The normalized spacial score (nSPS) is 13.8. The highest BCUT2D eigenvalue weighted by molar-refractivity contribution is 6.88. The lowest BCUT2D eigenvalue weighted by atomic mass is 10.3. The lowest BCUT2D eigenvalue weighted by Crippen LogP contribution is -2.37. The minimum Gasteiger partial charge on any atom is -0.479 e. The summed E-state index contributed by atoms with van der Waals surface area (Å²) < 4.78 is 22.4. The van der Waals surface area contributed by atoms with Gasteiger partial charge < -0.3 is 34.2 Å². The lowest BCUT2D eigenvalue weighted by Gasteiger charge is -2.18. The first-order chi connectivity index (χ1) is 18.2. The number of furan rings is 1. The van der Waals surface area contributed by atoms with Gasteiger partial charge in [0.2, 0.25) is 17.7 Å². The van der Waals surface area contributed by atoms with Gasteiger partial charge in [-0.3, -0.25) is 4.79 Å². The van der Waals surface area contributed by atoms with E-state index in [2.05, 4.69) is 45.1 Å². The molecule has 0 saturated carbocycles. The number of hydrogen-bond donors (Lipinski definition) is 2. The van der Waals surface area contributed by atoms with Crippen LogP contribution in [0.5, 0.6) is 23.5 Å². The molecule has 0 spiro atoms. The second-order valence-electron chi connectivity index (χ2n) is 9.99. The van der Waals surface area contributed by atoms with Crippen molar-refractivity contribution in [1.82, 2.24) is 14.9 Å². The summed E-state index contributed by atoms with van der Waals surface area (Å²) in [5.41, 5.74) is 0.190. The van der Waals surface area contributed by atoms with Crippen molar-refractivity contribution >= 4 is 42.4 Å². The Morgan fingerprint density at radius 1 is 1.08 bits per heavy atom. The molecular weight excluding hydrogens is 526 g/mol. The molecule has 2 N–H and O–H groups in total. The van der Waals surface area contributed by atoms with Crippen LogP contribution in [0, 0.1) is 0 Å². The van der Waals surface area contributed by atoms with Crippen molar-refractivity contribution in [1.29, 1.82) is 0 Å². The number of rotatable bonds is 11. The molecule has 1 aliphatic heterocycles. The maximum atomic E-state index is 13.0. The predicted octanol–water partition coefficient (Wildman–Crippen LogP) is 4.84. The summed E-state index contributed by atoms with van der Waals surface area (Å²) in [6.07, 6.45) is 2.46. The fourth-order valence-corrected chi connectivity index (χ4v) is 5.37. The van der Waals surface area contributed by atoms with Gasteiger partial charge in [0.15, 0.2) is 11.4 Å². The fraction of sp³-hybridized carbons (Fsp3) is 0.423. The van der Waals surface area contributed by atoms with E-state index >= 15 is 0 Å². The molecule has 204 valence electrons. The molecule has 1 aliphatic rings. The van der Waals surface area contributed by atoms with Crippen molar-refractivity contribution in [2.24, 2.45) is 0 Å². The number of halogens is 1. The Morgan fingerprint density at radius 2 is 1.76 bits per heavy atom. The molecule has 0 bridgehead atoms. The number of aromatic nitrogens is 2. The molecule has 0 aliphatic carbocycles. The Balaban J connectivity index is 1.45. The van der Waals surface area contributed by atoms with Gasteiger partial charge in [0.25, 0.3) is 11.9 Å².